The minimum Gasteiger partial charge on any atom is -0.352 e. The summed E-state index contributed by atoms with van der Waals surface area (Å²) >= 11 is 0. The summed E-state index contributed by atoms with van der Waals surface area (Å²) < 4.78 is 24.9. The number of hydrogen-bond donors (Lipinski definition) is 3. The van der Waals surface area contributed by atoms with Crippen LogP contribution in [0.4, 0.5) is 5.69 Å². The summed E-state index contributed by atoms with van der Waals surface area (Å²) in [6.45, 7) is 0.583. The van der Waals surface area contributed by atoms with E-state index in [4.69, 9.17) is 5.73 Å². The van der Waals surface area contributed by atoms with Crippen molar-refractivity contribution in [3.05, 3.63) is 29.8 Å². The number of carbonyl (C=O) groups is 2. The Morgan fingerprint density at radius 1 is 1.10 bits per heavy atom. The number of likely N-dealkylation sites (N-methyl/N-ethyl adjacent to an activating group) is 1. The Kier molecular flexibility index (Phi) is 7.59. The molecule has 172 valence electrons. The highest BCUT2D eigenvalue weighted by Gasteiger charge is 2.34. The van der Waals surface area contributed by atoms with E-state index >= 15 is 0 Å². The zero-order valence-corrected chi connectivity index (χ0v) is 19.2. The molecule has 0 heterocycles. The molecule has 0 bridgehead atoms. The van der Waals surface area contributed by atoms with Crippen LogP contribution in [-0.2, 0) is 14.8 Å². The van der Waals surface area contributed by atoms with Crippen LogP contribution in [0.5, 0.6) is 0 Å². The molecule has 2 amide bonds. The van der Waals surface area contributed by atoms with Crippen molar-refractivity contribution in [1.82, 2.24) is 10.2 Å². The first-order valence-electron chi connectivity index (χ1n) is 11.0. The van der Waals surface area contributed by atoms with Crippen molar-refractivity contribution >= 4 is 27.5 Å². The number of amides is 2. The predicted molar refractivity (Wildman–Crippen MR) is 121 cm³/mol. The van der Waals surface area contributed by atoms with Crippen LogP contribution < -0.4 is 15.8 Å². The Morgan fingerprint density at radius 2 is 1.71 bits per heavy atom. The van der Waals surface area contributed by atoms with Gasteiger partial charge < -0.3 is 16.0 Å². The highest BCUT2D eigenvalue weighted by Crippen LogP contribution is 2.32. The van der Waals surface area contributed by atoms with Gasteiger partial charge in [0.15, 0.2) is 0 Å². The third-order valence-electron chi connectivity index (χ3n) is 6.66. The van der Waals surface area contributed by atoms with Crippen LogP contribution in [0.1, 0.15) is 55.3 Å². The van der Waals surface area contributed by atoms with Gasteiger partial charge in [-0.25, -0.2) is 8.42 Å². The first-order chi connectivity index (χ1) is 14.6. The summed E-state index contributed by atoms with van der Waals surface area (Å²) in [6.07, 6.45) is 8.12. The van der Waals surface area contributed by atoms with Crippen molar-refractivity contribution in [2.75, 3.05) is 24.6 Å². The molecule has 1 aromatic carbocycles. The normalized spacial score (nSPS) is 22.8. The van der Waals surface area contributed by atoms with Crippen molar-refractivity contribution in [2.24, 2.45) is 17.6 Å². The van der Waals surface area contributed by atoms with Gasteiger partial charge in [-0.05, 0) is 81.0 Å². The first kappa shape index (κ1) is 23.5. The Bertz CT molecular complexity index is 875. The van der Waals surface area contributed by atoms with E-state index in [0.717, 1.165) is 44.8 Å². The van der Waals surface area contributed by atoms with E-state index < -0.39 is 16.1 Å². The molecule has 8 nitrogen and oxygen atoms in total. The van der Waals surface area contributed by atoms with Gasteiger partial charge in [-0.15, -0.1) is 0 Å². The molecule has 0 radical (unpaired) electrons. The lowest BCUT2D eigenvalue weighted by Gasteiger charge is -2.38. The molecule has 1 atom stereocenters. The third kappa shape index (κ3) is 6.43. The van der Waals surface area contributed by atoms with Gasteiger partial charge in [-0.1, -0.05) is 0 Å². The standard InChI is InChI=1S/C22H34N4O4S/c1-26(19-4-3-5-19)22(28)20(23)16-8-6-15(7-9-16)14-24-21(27)17-10-12-18(13-11-17)25-31(2,29)30/h10-13,15-16,19-20,25H,3-9,14,23H2,1-2H3,(H,24,27)/t15?,16?,20-/m0/s1. The predicted octanol–water partition coefficient (Wildman–Crippen LogP) is 1.93. The summed E-state index contributed by atoms with van der Waals surface area (Å²) in [5.41, 5.74) is 7.21. The van der Waals surface area contributed by atoms with Crippen molar-refractivity contribution in [3.8, 4) is 0 Å². The molecular formula is C22H34N4O4S. The Hall–Kier alpha value is -2.13. The number of rotatable bonds is 8. The van der Waals surface area contributed by atoms with Crippen LogP contribution in [0.15, 0.2) is 24.3 Å². The van der Waals surface area contributed by atoms with Gasteiger partial charge in [-0.2, -0.15) is 0 Å². The van der Waals surface area contributed by atoms with E-state index in [0.29, 0.717) is 29.8 Å². The zero-order valence-electron chi connectivity index (χ0n) is 18.3. The van der Waals surface area contributed by atoms with Crippen LogP contribution in [0.25, 0.3) is 0 Å². The number of sulfonamides is 1. The van der Waals surface area contributed by atoms with Crippen molar-refractivity contribution in [3.63, 3.8) is 0 Å². The van der Waals surface area contributed by atoms with Crippen LogP contribution >= 0.6 is 0 Å². The summed E-state index contributed by atoms with van der Waals surface area (Å²) in [4.78, 5) is 26.9. The quantitative estimate of drug-likeness (QED) is 0.559. The molecule has 4 N–H and O–H groups in total. The second-order valence-electron chi connectivity index (χ2n) is 9.00. The molecule has 0 aliphatic heterocycles. The van der Waals surface area contributed by atoms with E-state index in [1.54, 1.807) is 24.3 Å². The average molecular weight is 451 g/mol. The maximum Gasteiger partial charge on any atom is 0.251 e. The molecule has 2 aliphatic rings. The van der Waals surface area contributed by atoms with Crippen LogP contribution in [0.2, 0.25) is 0 Å². The van der Waals surface area contributed by atoms with Gasteiger partial charge in [0.25, 0.3) is 5.91 Å². The van der Waals surface area contributed by atoms with Crippen LogP contribution in [0.3, 0.4) is 0 Å². The lowest BCUT2D eigenvalue weighted by molar-refractivity contribution is -0.136. The van der Waals surface area contributed by atoms with Gasteiger partial charge in [0.05, 0.1) is 12.3 Å². The van der Waals surface area contributed by atoms with E-state index in [9.17, 15) is 18.0 Å². The fraction of sp³-hybridized carbons (Fsp3) is 0.636. The number of hydrogen-bond acceptors (Lipinski definition) is 5. The van der Waals surface area contributed by atoms with Gasteiger partial charge in [0.2, 0.25) is 15.9 Å². The van der Waals surface area contributed by atoms with Gasteiger partial charge in [0.1, 0.15) is 0 Å². The number of nitrogens with one attached hydrogen (secondary N) is 2. The minimum absolute atomic E-state index is 0.0651. The van der Waals surface area contributed by atoms with Crippen molar-refractivity contribution in [1.29, 1.82) is 0 Å². The molecule has 2 aliphatic carbocycles. The van der Waals surface area contributed by atoms with Crippen LogP contribution in [0, 0.1) is 11.8 Å². The molecule has 9 heteroatoms. The van der Waals surface area contributed by atoms with Crippen molar-refractivity contribution in [2.45, 2.75) is 57.0 Å². The smallest absolute Gasteiger partial charge is 0.251 e. The number of benzene rings is 1. The largest absolute Gasteiger partial charge is 0.352 e. The summed E-state index contributed by atoms with van der Waals surface area (Å²) in [5.74, 6) is 0.465. The van der Waals surface area contributed by atoms with E-state index in [2.05, 4.69) is 10.0 Å². The molecule has 0 spiro atoms. The maximum absolute atomic E-state index is 12.6. The SMILES string of the molecule is CN(C(=O)[C@@H](N)C1CCC(CNC(=O)c2ccc(NS(C)(=O)=O)cc2)CC1)C1CCC1. The fourth-order valence-corrected chi connectivity index (χ4v) is 4.95. The fourth-order valence-electron chi connectivity index (χ4n) is 4.39. The Balaban J connectivity index is 1.41. The first-order valence-corrected chi connectivity index (χ1v) is 12.9. The zero-order chi connectivity index (χ0) is 22.6. The second-order valence-corrected chi connectivity index (χ2v) is 10.8. The molecule has 2 saturated carbocycles. The number of nitrogens with zero attached hydrogens (tertiary/aromatic N) is 1. The number of nitrogens with two attached hydrogens (primary N) is 1. The van der Waals surface area contributed by atoms with E-state index in [1.807, 2.05) is 11.9 Å². The molecular weight excluding hydrogens is 416 g/mol. The second kappa shape index (κ2) is 9.99. The highest BCUT2D eigenvalue weighted by atomic mass is 32.2. The summed E-state index contributed by atoms with van der Waals surface area (Å²) in [5, 5.41) is 2.97. The highest BCUT2D eigenvalue weighted by molar-refractivity contribution is 7.92. The molecule has 2 fully saturated rings. The minimum atomic E-state index is -3.34. The molecule has 1 aromatic rings. The summed E-state index contributed by atoms with van der Waals surface area (Å²) in [7, 11) is -1.47. The van der Waals surface area contributed by atoms with Crippen LogP contribution in [-0.4, -0.2) is 57.1 Å². The number of carbonyl (C=O) groups excluding carboxylic acids is 2. The molecule has 3 rings (SSSR count). The summed E-state index contributed by atoms with van der Waals surface area (Å²) in [6, 6.07) is 6.27. The topological polar surface area (TPSA) is 122 Å². The van der Waals surface area contributed by atoms with Crippen molar-refractivity contribution < 1.29 is 18.0 Å². The van der Waals surface area contributed by atoms with Gasteiger partial charge in [-0.3, -0.25) is 14.3 Å². The molecule has 31 heavy (non-hydrogen) atoms. The van der Waals surface area contributed by atoms with Gasteiger partial charge in [0, 0.05) is 30.9 Å². The molecule has 0 saturated heterocycles. The van der Waals surface area contributed by atoms with Gasteiger partial charge >= 0.3 is 0 Å². The monoisotopic (exact) mass is 450 g/mol. The lowest BCUT2D eigenvalue weighted by atomic mass is 9.78. The molecule has 0 unspecified atom stereocenters. The third-order valence-corrected chi connectivity index (χ3v) is 7.26. The maximum atomic E-state index is 12.6. The Morgan fingerprint density at radius 3 is 2.23 bits per heavy atom. The Labute approximate surface area is 185 Å². The van der Waals surface area contributed by atoms with E-state index in [1.165, 1.54) is 6.42 Å². The molecule has 0 aromatic heterocycles. The van der Waals surface area contributed by atoms with E-state index in [-0.39, 0.29) is 17.7 Å². The lowest BCUT2D eigenvalue weighted by Crippen LogP contribution is -2.52. The average Bonchev–Trinajstić information content (AvgIpc) is 2.69. The number of anilines is 1.